The second-order valence-corrected chi connectivity index (χ2v) is 6.47. The summed E-state index contributed by atoms with van der Waals surface area (Å²) in [5.41, 5.74) is 6.09. The average Bonchev–Trinajstić information content (AvgIpc) is 3.00. The molecule has 1 aliphatic heterocycles. The zero-order valence-corrected chi connectivity index (χ0v) is 14.1. The second kappa shape index (κ2) is 5.44. The number of fused-ring (bicyclic) bond motifs is 2. The third kappa shape index (κ3) is 2.28. The summed E-state index contributed by atoms with van der Waals surface area (Å²) in [5.74, 6) is 0.360. The molecule has 1 atom stereocenters. The van der Waals surface area contributed by atoms with Gasteiger partial charge in [0.2, 0.25) is 0 Å². The Kier molecular flexibility index (Phi) is 3.37. The van der Waals surface area contributed by atoms with E-state index in [0.717, 1.165) is 40.0 Å². The van der Waals surface area contributed by atoms with E-state index in [9.17, 15) is 4.79 Å². The van der Waals surface area contributed by atoms with Crippen LogP contribution in [-0.4, -0.2) is 32.3 Å². The van der Waals surface area contributed by atoms with Crippen molar-refractivity contribution in [2.45, 2.75) is 33.2 Å². The van der Waals surface area contributed by atoms with Crippen molar-refractivity contribution < 1.29 is 4.79 Å². The lowest BCUT2D eigenvalue weighted by atomic mass is 9.97. The summed E-state index contributed by atoms with van der Waals surface area (Å²) < 4.78 is 0. The first-order chi connectivity index (χ1) is 11.5. The summed E-state index contributed by atoms with van der Waals surface area (Å²) in [7, 11) is 0. The van der Waals surface area contributed by atoms with Crippen LogP contribution in [0.4, 0.5) is 0 Å². The van der Waals surface area contributed by atoms with Crippen LogP contribution in [0.2, 0.25) is 0 Å². The molecule has 1 unspecified atom stereocenters. The number of aromatic amines is 1. The Morgan fingerprint density at radius 1 is 1.21 bits per heavy atom. The predicted octanol–water partition coefficient (Wildman–Crippen LogP) is 3.33. The highest BCUT2D eigenvalue weighted by Crippen LogP contribution is 2.29. The first-order valence-corrected chi connectivity index (χ1v) is 8.27. The second-order valence-electron chi connectivity index (χ2n) is 6.47. The maximum absolute atomic E-state index is 13.0. The molecule has 24 heavy (non-hydrogen) atoms. The number of aryl methyl sites for hydroxylation is 2. The third-order valence-electron chi connectivity index (χ3n) is 4.83. The van der Waals surface area contributed by atoms with Crippen molar-refractivity contribution in [2.75, 3.05) is 6.54 Å². The number of imidazole rings is 1. The van der Waals surface area contributed by atoms with Crippen LogP contribution in [0.25, 0.3) is 11.0 Å². The molecule has 3 aromatic rings. The molecule has 1 aliphatic rings. The van der Waals surface area contributed by atoms with Crippen LogP contribution in [-0.2, 0) is 6.42 Å². The number of nitrogens with zero attached hydrogens (tertiary/aromatic N) is 3. The number of rotatable bonds is 1. The molecule has 5 nitrogen and oxygen atoms in total. The zero-order valence-electron chi connectivity index (χ0n) is 14.1. The van der Waals surface area contributed by atoms with E-state index in [-0.39, 0.29) is 11.9 Å². The smallest absolute Gasteiger partial charge is 0.290 e. The van der Waals surface area contributed by atoms with Gasteiger partial charge in [-0.05, 0) is 44.0 Å². The van der Waals surface area contributed by atoms with E-state index in [0.29, 0.717) is 12.4 Å². The van der Waals surface area contributed by atoms with Crippen molar-refractivity contribution in [1.29, 1.82) is 0 Å². The van der Waals surface area contributed by atoms with Gasteiger partial charge in [-0.1, -0.05) is 18.2 Å². The molecule has 0 bridgehead atoms. The number of nitrogens with one attached hydrogen (secondary N) is 1. The molecule has 2 aromatic heterocycles. The SMILES string of the molecule is Cc1ccc2c(n1)CCN(C(=O)c1nc3c(C)cccc3[nH]1)C2C. The molecule has 0 saturated carbocycles. The van der Waals surface area contributed by atoms with Gasteiger partial charge in [0.15, 0.2) is 5.82 Å². The van der Waals surface area contributed by atoms with Crippen LogP contribution in [0.15, 0.2) is 30.3 Å². The maximum Gasteiger partial charge on any atom is 0.290 e. The number of carbonyl (C=O) groups excluding carboxylic acids is 1. The van der Waals surface area contributed by atoms with Crippen LogP contribution in [0.5, 0.6) is 0 Å². The topological polar surface area (TPSA) is 61.9 Å². The number of pyridine rings is 1. The minimum Gasteiger partial charge on any atom is -0.334 e. The van der Waals surface area contributed by atoms with Gasteiger partial charge in [-0.3, -0.25) is 9.78 Å². The summed E-state index contributed by atoms with van der Waals surface area (Å²) in [4.78, 5) is 27.2. The van der Waals surface area contributed by atoms with Gasteiger partial charge < -0.3 is 9.88 Å². The molecule has 0 radical (unpaired) electrons. The Labute approximate surface area is 140 Å². The Bertz CT molecular complexity index is 944. The number of hydrogen-bond acceptors (Lipinski definition) is 3. The Morgan fingerprint density at radius 2 is 2.04 bits per heavy atom. The maximum atomic E-state index is 13.0. The molecule has 0 aliphatic carbocycles. The van der Waals surface area contributed by atoms with E-state index in [2.05, 4.69) is 27.9 Å². The van der Waals surface area contributed by atoms with Gasteiger partial charge in [0.25, 0.3) is 5.91 Å². The third-order valence-corrected chi connectivity index (χ3v) is 4.83. The fraction of sp³-hybridized carbons (Fsp3) is 0.316. The van der Waals surface area contributed by atoms with E-state index in [1.165, 1.54) is 0 Å². The molecule has 1 amide bonds. The van der Waals surface area contributed by atoms with Gasteiger partial charge in [-0.25, -0.2) is 4.98 Å². The van der Waals surface area contributed by atoms with Crippen molar-refractivity contribution >= 4 is 16.9 Å². The van der Waals surface area contributed by atoms with Crippen molar-refractivity contribution in [3.05, 3.63) is 58.7 Å². The lowest BCUT2D eigenvalue weighted by Crippen LogP contribution is -2.39. The van der Waals surface area contributed by atoms with E-state index in [1.54, 1.807) is 0 Å². The summed E-state index contributed by atoms with van der Waals surface area (Å²) in [6, 6.07) is 10.0. The molecule has 0 saturated heterocycles. The minimum absolute atomic E-state index is 0.00339. The van der Waals surface area contributed by atoms with Crippen LogP contribution >= 0.6 is 0 Å². The predicted molar refractivity (Wildman–Crippen MR) is 93.0 cm³/mol. The molecule has 4 rings (SSSR count). The van der Waals surface area contributed by atoms with Crippen molar-refractivity contribution in [3.8, 4) is 0 Å². The van der Waals surface area contributed by atoms with Gasteiger partial charge in [-0.15, -0.1) is 0 Å². The first kappa shape index (κ1) is 14.9. The number of hydrogen-bond donors (Lipinski definition) is 1. The summed E-state index contributed by atoms with van der Waals surface area (Å²) in [5, 5.41) is 0. The Balaban J connectivity index is 1.69. The largest absolute Gasteiger partial charge is 0.334 e. The molecular weight excluding hydrogens is 300 g/mol. The monoisotopic (exact) mass is 320 g/mol. The molecule has 122 valence electrons. The highest BCUT2D eigenvalue weighted by atomic mass is 16.2. The number of benzene rings is 1. The number of carbonyl (C=O) groups is 1. The molecule has 0 spiro atoms. The number of aromatic nitrogens is 3. The summed E-state index contributed by atoms with van der Waals surface area (Å²) in [6.07, 6.45) is 0.784. The van der Waals surface area contributed by atoms with Crippen LogP contribution in [0.1, 0.15) is 46.1 Å². The summed E-state index contributed by atoms with van der Waals surface area (Å²) in [6.45, 7) is 6.73. The van der Waals surface area contributed by atoms with Gasteiger partial charge >= 0.3 is 0 Å². The number of H-pyrrole nitrogens is 1. The first-order valence-electron chi connectivity index (χ1n) is 8.27. The molecule has 0 fully saturated rings. The molecule has 1 N–H and O–H groups in total. The van der Waals surface area contributed by atoms with Crippen LogP contribution in [0.3, 0.4) is 0 Å². The Hall–Kier alpha value is -2.69. The molecule has 1 aromatic carbocycles. The van der Waals surface area contributed by atoms with E-state index in [4.69, 9.17) is 0 Å². The minimum atomic E-state index is -0.0516. The zero-order chi connectivity index (χ0) is 16.8. The van der Waals surface area contributed by atoms with Gasteiger partial charge in [0.1, 0.15) is 0 Å². The highest BCUT2D eigenvalue weighted by molar-refractivity contribution is 5.95. The quantitative estimate of drug-likeness (QED) is 0.748. The Morgan fingerprint density at radius 3 is 2.83 bits per heavy atom. The van der Waals surface area contributed by atoms with Crippen LogP contribution in [0, 0.1) is 13.8 Å². The molecule has 5 heteroatoms. The van der Waals surface area contributed by atoms with E-state index >= 15 is 0 Å². The standard InChI is InChI=1S/C19H20N4O/c1-11-5-4-6-16-17(11)22-18(21-16)19(24)23-10-9-15-14(13(23)3)8-7-12(2)20-15/h4-8,13H,9-10H2,1-3H3,(H,21,22). The fourth-order valence-electron chi connectivity index (χ4n) is 3.48. The molecular formula is C19H20N4O. The number of amides is 1. The van der Waals surface area contributed by atoms with Crippen molar-refractivity contribution in [2.24, 2.45) is 0 Å². The van der Waals surface area contributed by atoms with Gasteiger partial charge in [-0.2, -0.15) is 0 Å². The van der Waals surface area contributed by atoms with Crippen molar-refractivity contribution in [1.82, 2.24) is 19.9 Å². The van der Waals surface area contributed by atoms with E-state index in [1.807, 2.05) is 43.0 Å². The number of para-hydroxylation sites is 1. The fourth-order valence-corrected chi connectivity index (χ4v) is 3.48. The average molecular weight is 320 g/mol. The normalized spacial score (nSPS) is 17.1. The summed E-state index contributed by atoms with van der Waals surface area (Å²) >= 11 is 0. The lowest BCUT2D eigenvalue weighted by Gasteiger charge is -2.34. The lowest BCUT2D eigenvalue weighted by molar-refractivity contribution is 0.0665. The molecule has 3 heterocycles. The highest BCUT2D eigenvalue weighted by Gasteiger charge is 2.30. The van der Waals surface area contributed by atoms with Gasteiger partial charge in [0.05, 0.1) is 17.1 Å². The van der Waals surface area contributed by atoms with Crippen molar-refractivity contribution in [3.63, 3.8) is 0 Å². The van der Waals surface area contributed by atoms with Crippen LogP contribution < -0.4 is 0 Å². The van der Waals surface area contributed by atoms with Gasteiger partial charge in [0, 0.05) is 24.4 Å². The van der Waals surface area contributed by atoms with E-state index < -0.39 is 0 Å².